The average Bonchev–Trinajstić information content (AvgIpc) is 2.67. The Morgan fingerprint density at radius 3 is 2.37 bits per heavy atom. The van der Waals surface area contributed by atoms with E-state index in [1.54, 1.807) is 19.2 Å². The van der Waals surface area contributed by atoms with Crippen molar-refractivity contribution in [1.82, 2.24) is 4.90 Å². The first-order valence-corrected chi connectivity index (χ1v) is 8.94. The zero-order valence-corrected chi connectivity index (χ0v) is 16.0. The normalized spacial score (nSPS) is 10.2. The van der Waals surface area contributed by atoms with E-state index in [0.717, 1.165) is 11.3 Å². The number of carbonyl (C=O) groups is 2. The van der Waals surface area contributed by atoms with Crippen LogP contribution >= 0.6 is 0 Å². The molecule has 2 aromatic carbocycles. The van der Waals surface area contributed by atoms with Crippen molar-refractivity contribution >= 4 is 17.5 Å². The summed E-state index contributed by atoms with van der Waals surface area (Å²) in [6.45, 7) is 4.25. The molecule has 0 unspecified atom stereocenters. The molecule has 1 N–H and O–H groups in total. The van der Waals surface area contributed by atoms with E-state index in [1.807, 2.05) is 43.3 Å². The van der Waals surface area contributed by atoms with Crippen molar-refractivity contribution in [1.29, 1.82) is 0 Å². The molecule has 2 aromatic rings. The first-order valence-electron chi connectivity index (χ1n) is 8.94. The molecule has 0 saturated carbocycles. The molecule has 0 saturated heterocycles. The lowest BCUT2D eigenvalue weighted by Crippen LogP contribution is -2.38. The lowest BCUT2D eigenvalue weighted by molar-refractivity contribution is -0.132. The molecule has 144 valence electrons. The van der Waals surface area contributed by atoms with Gasteiger partial charge >= 0.3 is 0 Å². The number of anilines is 1. The van der Waals surface area contributed by atoms with Gasteiger partial charge in [0, 0.05) is 13.5 Å². The summed E-state index contributed by atoms with van der Waals surface area (Å²) in [5.74, 6) is 0.961. The number of hydrogen-bond donors (Lipinski definition) is 1. The molecule has 2 rings (SSSR count). The average molecular weight is 370 g/mol. The first-order chi connectivity index (χ1) is 13.0. The second-order valence-corrected chi connectivity index (χ2v) is 5.98. The van der Waals surface area contributed by atoms with Crippen LogP contribution in [0.15, 0.2) is 48.5 Å². The van der Waals surface area contributed by atoms with Crippen molar-refractivity contribution in [2.75, 3.05) is 32.1 Å². The minimum absolute atomic E-state index is 0.0229. The molecule has 0 heterocycles. The maximum absolute atomic E-state index is 12.4. The number of ether oxygens (including phenoxy) is 2. The molecule has 6 nitrogen and oxygen atoms in total. The minimum Gasteiger partial charge on any atom is -0.496 e. The van der Waals surface area contributed by atoms with E-state index >= 15 is 0 Å². The summed E-state index contributed by atoms with van der Waals surface area (Å²) in [5.41, 5.74) is 1.59. The third-order valence-electron chi connectivity index (χ3n) is 4.08. The van der Waals surface area contributed by atoms with Gasteiger partial charge in [-0.3, -0.25) is 9.59 Å². The monoisotopic (exact) mass is 370 g/mol. The van der Waals surface area contributed by atoms with E-state index in [4.69, 9.17) is 9.47 Å². The van der Waals surface area contributed by atoms with Crippen LogP contribution in [-0.2, 0) is 16.0 Å². The van der Waals surface area contributed by atoms with Crippen molar-refractivity contribution < 1.29 is 19.1 Å². The van der Waals surface area contributed by atoms with Crippen LogP contribution in [0.2, 0.25) is 0 Å². The first kappa shape index (κ1) is 20.3. The second-order valence-electron chi connectivity index (χ2n) is 5.98. The van der Waals surface area contributed by atoms with Gasteiger partial charge in [-0.2, -0.15) is 0 Å². The number of hydrogen-bond acceptors (Lipinski definition) is 4. The molecule has 0 aliphatic rings. The number of methoxy groups -OCH3 is 1. The highest BCUT2D eigenvalue weighted by Crippen LogP contribution is 2.23. The Morgan fingerprint density at radius 1 is 1.04 bits per heavy atom. The number of nitrogens with one attached hydrogen (secondary N) is 1. The van der Waals surface area contributed by atoms with Gasteiger partial charge in [0.2, 0.25) is 11.8 Å². The van der Waals surface area contributed by atoms with E-state index in [2.05, 4.69) is 5.32 Å². The van der Waals surface area contributed by atoms with Gasteiger partial charge in [-0.1, -0.05) is 30.3 Å². The number of amides is 2. The highest BCUT2D eigenvalue weighted by molar-refractivity contribution is 5.95. The Labute approximate surface area is 160 Å². The van der Waals surface area contributed by atoms with Gasteiger partial charge in [0.25, 0.3) is 0 Å². The summed E-state index contributed by atoms with van der Waals surface area (Å²) in [4.78, 5) is 25.9. The number of para-hydroxylation sites is 3. The molecule has 6 heteroatoms. The van der Waals surface area contributed by atoms with E-state index in [1.165, 1.54) is 11.8 Å². The molecule has 0 radical (unpaired) electrons. The number of nitrogens with zero attached hydrogens (tertiary/aromatic N) is 1. The van der Waals surface area contributed by atoms with E-state index in [0.29, 0.717) is 31.0 Å². The van der Waals surface area contributed by atoms with Gasteiger partial charge in [-0.15, -0.1) is 0 Å². The Hall–Kier alpha value is -3.02. The lowest BCUT2D eigenvalue weighted by Gasteiger charge is -2.21. The summed E-state index contributed by atoms with van der Waals surface area (Å²) in [5, 5.41) is 2.82. The van der Waals surface area contributed by atoms with E-state index in [9.17, 15) is 9.59 Å². The van der Waals surface area contributed by atoms with Crippen molar-refractivity contribution in [2.45, 2.75) is 20.3 Å². The lowest BCUT2D eigenvalue weighted by atomic mass is 10.1. The summed E-state index contributed by atoms with van der Waals surface area (Å²) in [6.07, 6.45) is 0.604. The predicted molar refractivity (Wildman–Crippen MR) is 105 cm³/mol. The molecule has 0 bridgehead atoms. The Bertz CT molecular complexity index is 776. The second kappa shape index (κ2) is 10.2. The Morgan fingerprint density at radius 2 is 1.70 bits per heavy atom. The fourth-order valence-electron chi connectivity index (χ4n) is 2.73. The largest absolute Gasteiger partial charge is 0.496 e. The number of carbonyl (C=O) groups excluding carboxylic acids is 2. The summed E-state index contributed by atoms with van der Waals surface area (Å²) < 4.78 is 10.8. The predicted octanol–water partition coefficient (Wildman–Crippen LogP) is 3.12. The minimum atomic E-state index is -0.266. The van der Waals surface area contributed by atoms with E-state index in [-0.39, 0.29) is 18.4 Å². The standard InChI is InChI=1S/C21H26N2O4/c1-4-27-20-12-8-6-10-18(20)22-21(25)15-23(16(2)24)14-13-17-9-5-7-11-19(17)26-3/h5-12H,4,13-15H2,1-3H3,(H,22,25). The third kappa shape index (κ3) is 6.02. The molecule has 0 aliphatic carbocycles. The van der Waals surface area contributed by atoms with Crippen LogP contribution in [0.4, 0.5) is 5.69 Å². The third-order valence-corrected chi connectivity index (χ3v) is 4.08. The topological polar surface area (TPSA) is 67.9 Å². The molecule has 0 aliphatic heterocycles. The van der Waals surface area contributed by atoms with Crippen LogP contribution in [0.3, 0.4) is 0 Å². The van der Waals surface area contributed by atoms with Crippen LogP contribution in [-0.4, -0.2) is 43.5 Å². The highest BCUT2D eigenvalue weighted by atomic mass is 16.5. The van der Waals surface area contributed by atoms with Crippen molar-refractivity contribution in [3.05, 3.63) is 54.1 Å². The van der Waals surface area contributed by atoms with Crippen molar-refractivity contribution in [3.8, 4) is 11.5 Å². The smallest absolute Gasteiger partial charge is 0.244 e. The molecule has 0 fully saturated rings. The van der Waals surface area contributed by atoms with Gasteiger partial charge in [-0.25, -0.2) is 0 Å². The van der Waals surface area contributed by atoms with Crippen LogP contribution < -0.4 is 14.8 Å². The van der Waals surface area contributed by atoms with Crippen molar-refractivity contribution in [3.63, 3.8) is 0 Å². The zero-order valence-electron chi connectivity index (χ0n) is 16.0. The molecule has 0 spiro atoms. The maximum Gasteiger partial charge on any atom is 0.244 e. The SMILES string of the molecule is CCOc1ccccc1NC(=O)CN(CCc1ccccc1OC)C(C)=O. The van der Waals surface area contributed by atoms with E-state index < -0.39 is 0 Å². The maximum atomic E-state index is 12.4. The zero-order chi connectivity index (χ0) is 19.6. The summed E-state index contributed by atoms with van der Waals surface area (Å²) in [6, 6.07) is 14.9. The van der Waals surface area contributed by atoms with Gasteiger partial charge in [0.05, 0.1) is 25.9 Å². The number of benzene rings is 2. The fourth-order valence-corrected chi connectivity index (χ4v) is 2.73. The fraction of sp³-hybridized carbons (Fsp3) is 0.333. The molecule has 0 aromatic heterocycles. The van der Waals surface area contributed by atoms with Gasteiger partial charge in [0.1, 0.15) is 11.5 Å². The van der Waals surface area contributed by atoms with Crippen LogP contribution in [0.1, 0.15) is 19.4 Å². The van der Waals surface area contributed by atoms with Gasteiger partial charge in [-0.05, 0) is 37.1 Å². The number of rotatable bonds is 9. The molecular weight excluding hydrogens is 344 g/mol. The molecule has 2 amide bonds. The van der Waals surface area contributed by atoms with Crippen LogP contribution in [0.25, 0.3) is 0 Å². The quantitative estimate of drug-likeness (QED) is 0.736. The molecule has 0 atom stereocenters. The summed E-state index contributed by atoms with van der Waals surface area (Å²) in [7, 11) is 1.62. The summed E-state index contributed by atoms with van der Waals surface area (Å²) >= 11 is 0. The van der Waals surface area contributed by atoms with Gasteiger partial charge < -0.3 is 19.7 Å². The van der Waals surface area contributed by atoms with Crippen LogP contribution in [0.5, 0.6) is 11.5 Å². The molecule has 27 heavy (non-hydrogen) atoms. The highest BCUT2D eigenvalue weighted by Gasteiger charge is 2.16. The molecular formula is C21H26N2O4. The van der Waals surface area contributed by atoms with Gasteiger partial charge in [0.15, 0.2) is 0 Å². The van der Waals surface area contributed by atoms with Crippen molar-refractivity contribution in [2.24, 2.45) is 0 Å². The van der Waals surface area contributed by atoms with Crippen LogP contribution in [0, 0.1) is 0 Å². The Kier molecular flexibility index (Phi) is 7.67. The Balaban J connectivity index is 1.99.